The van der Waals surface area contributed by atoms with Crippen molar-refractivity contribution in [1.29, 1.82) is 5.26 Å². The van der Waals surface area contributed by atoms with E-state index in [1.54, 1.807) is 12.1 Å². The van der Waals surface area contributed by atoms with Crippen molar-refractivity contribution in [3.8, 4) is 11.8 Å². The van der Waals surface area contributed by atoms with Gasteiger partial charge in [-0.1, -0.05) is 11.2 Å². The summed E-state index contributed by atoms with van der Waals surface area (Å²) in [6, 6.07) is 13.5. The van der Waals surface area contributed by atoms with Gasteiger partial charge >= 0.3 is 0 Å². The Balaban J connectivity index is 1.44. The number of nitrogens with zero attached hydrogens (tertiary/aromatic N) is 2. The van der Waals surface area contributed by atoms with Crippen LogP contribution in [0.4, 0.5) is 0 Å². The number of piperidine rings is 1. The van der Waals surface area contributed by atoms with Gasteiger partial charge in [-0.05, 0) is 87.5 Å². The molecule has 0 spiro atoms. The lowest BCUT2D eigenvalue weighted by molar-refractivity contribution is 0.305. The van der Waals surface area contributed by atoms with Gasteiger partial charge in [-0.25, -0.2) is 0 Å². The van der Waals surface area contributed by atoms with Crippen molar-refractivity contribution in [2.75, 3.05) is 13.1 Å². The highest BCUT2D eigenvalue weighted by molar-refractivity contribution is 5.83. The highest BCUT2D eigenvalue weighted by Gasteiger charge is 2.17. The van der Waals surface area contributed by atoms with E-state index >= 15 is 0 Å². The van der Waals surface area contributed by atoms with E-state index in [4.69, 9.17) is 14.5 Å². The molecule has 1 fully saturated rings. The molecule has 5 heteroatoms. The number of hydrogen-bond acceptors (Lipinski definition) is 5. The van der Waals surface area contributed by atoms with Gasteiger partial charge in [-0.3, -0.25) is 0 Å². The van der Waals surface area contributed by atoms with E-state index in [-0.39, 0.29) is 0 Å². The van der Waals surface area contributed by atoms with Gasteiger partial charge in [0.25, 0.3) is 0 Å². The third-order valence-electron chi connectivity index (χ3n) is 5.70. The van der Waals surface area contributed by atoms with Crippen LogP contribution in [0.1, 0.15) is 41.6 Å². The van der Waals surface area contributed by atoms with Crippen molar-refractivity contribution in [1.82, 2.24) is 10.5 Å². The molecule has 2 aromatic carbocycles. The minimum atomic E-state index is 0.457. The van der Waals surface area contributed by atoms with E-state index in [0.29, 0.717) is 12.2 Å². The second-order valence-corrected chi connectivity index (χ2v) is 7.51. The molecular weight excluding hydrogens is 350 g/mol. The van der Waals surface area contributed by atoms with E-state index < -0.39 is 0 Å². The summed E-state index contributed by atoms with van der Waals surface area (Å²) in [7, 11) is 0. The number of aromatic nitrogens is 1. The van der Waals surface area contributed by atoms with Crippen molar-refractivity contribution >= 4 is 11.0 Å². The lowest BCUT2D eigenvalue weighted by Gasteiger charge is -2.21. The van der Waals surface area contributed by atoms with Gasteiger partial charge in [0.05, 0.1) is 17.3 Å². The van der Waals surface area contributed by atoms with Crippen LogP contribution in [-0.4, -0.2) is 18.2 Å². The Labute approximate surface area is 165 Å². The highest BCUT2D eigenvalue weighted by Crippen LogP contribution is 2.28. The zero-order chi connectivity index (χ0) is 19.3. The first-order valence-corrected chi connectivity index (χ1v) is 9.95. The van der Waals surface area contributed by atoms with Crippen LogP contribution < -0.4 is 10.1 Å². The number of hydrogen-bond donors (Lipinski definition) is 1. The van der Waals surface area contributed by atoms with Crippen LogP contribution >= 0.6 is 0 Å². The van der Waals surface area contributed by atoms with Crippen molar-refractivity contribution in [3.63, 3.8) is 0 Å². The zero-order valence-corrected chi connectivity index (χ0v) is 16.2. The van der Waals surface area contributed by atoms with Crippen molar-refractivity contribution in [2.24, 2.45) is 5.92 Å². The van der Waals surface area contributed by atoms with Crippen LogP contribution in [0.2, 0.25) is 0 Å². The molecule has 0 aliphatic carbocycles. The van der Waals surface area contributed by atoms with Crippen LogP contribution in [0.15, 0.2) is 40.9 Å². The Morgan fingerprint density at radius 1 is 1.18 bits per heavy atom. The molecule has 0 bridgehead atoms. The largest absolute Gasteiger partial charge is 0.489 e. The maximum absolute atomic E-state index is 8.88. The minimum absolute atomic E-state index is 0.457. The molecule has 1 aromatic heterocycles. The molecule has 1 saturated heterocycles. The monoisotopic (exact) mass is 375 g/mol. The molecule has 2 heterocycles. The number of benzene rings is 2. The summed E-state index contributed by atoms with van der Waals surface area (Å²) >= 11 is 0. The molecule has 3 aromatic rings. The molecule has 0 unspecified atom stereocenters. The second kappa shape index (κ2) is 8.45. The third kappa shape index (κ3) is 4.02. The van der Waals surface area contributed by atoms with Gasteiger partial charge < -0.3 is 14.6 Å². The molecule has 28 heavy (non-hydrogen) atoms. The standard InChI is InChI=1S/C23H25N3O2/c1-16-19(15-27-20-6-2-18(14-24)3-7-20)5-8-21-22(26-28-23(16)21)9-4-17-10-12-25-13-11-17/h2-3,5-8,17,25H,4,9-13,15H2,1H3. The first-order valence-electron chi connectivity index (χ1n) is 9.95. The molecule has 1 aliphatic rings. The van der Waals surface area contributed by atoms with Gasteiger partial charge in [0, 0.05) is 10.9 Å². The zero-order valence-electron chi connectivity index (χ0n) is 16.2. The highest BCUT2D eigenvalue weighted by atomic mass is 16.5. The smallest absolute Gasteiger partial charge is 0.170 e. The van der Waals surface area contributed by atoms with Crippen LogP contribution in [0, 0.1) is 24.2 Å². The lowest BCUT2D eigenvalue weighted by atomic mass is 9.92. The Kier molecular flexibility index (Phi) is 5.59. The fraction of sp³-hybridized carbons (Fsp3) is 0.391. The fourth-order valence-corrected chi connectivity index (χ4v) is 3.86. The third-order valence-corrected chi connectivity index (χ3v) is 5.70. The number of fused-ring (bicyclic) bond motifs is 1. The number of nitriles is 1. The molecule has 4 rings (SSSR count). The van der Waals surface area contributed by atoms with Crippen LogP contribution in [-0.2, 0) is 13.0 Å². The molecule has 1 N–H and O–H groups in total. The van der Waals surface area contributed by atoms with Gasteiger partial charge in [0.15, 0.2) is 5.58 Å². The second-order valence-electron chi connectivity index (χ2n) is 7.51. The molecule has 0 amide bonds. The van der Waals surface area contributed by atoms with Gasteiger partial charge in [-0.2, -0.15) is 5.26 Å². The Hall–Kier alpha value is -2.84. The summed E-state index contributed by atoms with van der Waals surface area (Å²) < 4.78 is 11.6. The van der Waals surface area contributed by atoms with E-state index in [0.717, 1.165) is 59.0 Å². The van der Waals surface area contributed by atoms with Crippen LogP contribution in [0.3, 0.4) is 0 Å². The molecule has 5 nitrogen and oxygen atoms in total. The van der Waals surface area contributed by atoms with Crippen molar-refractivity contribution < 1.29 is 9.26 Å². The Bertz CT molecular complexity index is 979. The molecular formula is C23H25N3O2. The summed E-state index contributed by atoms with van der Waals surface area (Å²) in [4.78, 5) is 0. The predicted molar refractivity (Wildman–Crippen MR) is 108 cm³/mol. The first-order chi connectivity index (χ1) is 13.7. The number of nitrogens with one attached hydrogen (secondary N) is 1. The summed E-state index contributed by atoms with van der Waals surface area (Å²) in [6.07, 6.45) is 4.65. The Morgan fingerprint density at radius 3 is 2.71 bits per heavy atom. The summed E-state index contributed by atoms with van der Waals surface area (Å²) in [6.45, 7) is 4.78. The predicted octanol–water partition coefficient (Wildman–Crippen LogP) is 4.52. The van der Waals surface area contributed by atoms with E-state index in [9.17, 15) is 0 Å². The fourth-order valence-electron chi connectivity index (χ4n) is 3.86. The quantitative estimate of drug-likeness (QED) is 0.686. The molecule has 144 valence electrons. The molecule has 0 saturated carbocycles. The molecule has 0 radical (unpaired) electrons. The SMILES string of the molecule is Cc1c(COc2ccc(C#N)cc2)ccc2c(CCC3CCNCC3)noc12. The average molecular weight is 375 g/mol. The maximum Gasteiger partial charge on any atom is 0.170 e. The Morgan fingerprint density at radius 2 is 1.96 bits per heavy atom. The lowest BCUT2D eigenvalue weighted by Crippen LogP contribution is -2.27. The normalized spacial score (nSPS) is 14.9. The number of rotatable bonds is 6. The summed E-state index contributed by atoms with van der Waals surface area (Å²) in [5.41, 5.74) is 4.71. The maximum atomic E-state index is 8.88. The van der Waals surface area contributed by atoms with Gasteiger partial charge in [0.1, 0.15) is 12.4 Å². The van der Waals surface area contributed by atoms with Gasteiger partial charge in [-0.15, -0.1) is 0 Å². The number of ether oxygens (including phenoxy) is 1. The topological polar surface area (TPSA) is 71.1 Å². The minimum Gasteiger partial charge on any atom is -0.489 e. The van der Waals surface area contributed by atoms with Crippen molar-refractivity contribution in [3.05, 3.63) is 58.8 Å². The van der Waals surface area contributed by atoms with E-state index in [1.807, 2.05) is 12.1 Å². The number of aryl methyl sites for hydroxylation is 2. The average Bonchev–Trinajstić information content (AvgIpc) is 3.17. The van der Waals surface area contributed by atoms with Crippen molar-refractivity contribution in [2.45, 2.75) is 39.2 Å². The van der Waals surface area contributed by atoms with Crippen LogP contribution in [0.5, 0.6) is 5.75 Å². The summed E-state index contributed by atoms with van der Waals surface area (Å²) in [5, 5.41) is 17.8. The molecule has 1 aliphatic heterocycles. The van der Waals surface area contributed by atoms with E-state index in [1.165, 1.54) is 19.3 Å². The molecule has 0 atom stereocenters. The first kappa shape index (κ1) is 18.5. The van der Waals surface area contributed by atoms with E-state index in [2.05, 4.69) is 35.6 Å². The summed E-state index contributed by atoms with van der Waals surface area (Å²) in [5.74, 6) is 1.54. The van der Waals surface area contributed by atoms with Crippen LogP contribution in [0.25, 0.3) is 11.0 Å². The van der Waals surface area contributed by atoms with Gasteiger partial charge in [0.2, 0.25) is 0 Å².